The summed E-state index contributed by atoms with van der Waals surface area (Å²) in [5.74, 6) is -2.81. The molecule has 0 bridgehead atoms. The van der Waals surface area contributed by atoms with E-state index in [0.717, 1.165) is 6.26 Å². The molecule has 0 aromatic carbocycles. The molecule has 0 amide bonds. The minimum Gasteiger partial charge on any atom is -0.481 e. The Hall–Kier alpha value is -0.630. The first-order valence-corrected chi connectivity index (χ1v) is 8.35. The Kier molecular flexibility index (Phi) is 4.52. The third-order valence-electron chi connectivity index (χ3n) is 1.92. The Balaban J connectivity index is 4.67. The Morgan fingerprint density at radius 1 is 1.12 bits per heavy atom. The molecule has 0 heterocycles. The van der Waals surface area contributed by atoms with Crippen LogP contribution in [0, 0.1) is 5.41 Å². The van der Waals surface area contributed by atoms with Crippen LogP contribution in [0.15, 0.2) is 0 Å². The molecule has 0 aromatic heterocycles. The van der Waals surface area contributed by atoms with E-state index in [0.29, 0.717) is 0 Å². The van der Waals surface area contributed by atoms with Crippen molar-refractivity contribution in [1.29, 1.82) is 0 Å². The molecule has 0 aliphatic carbocycles. The summed E-state index contributed by atoms with van der Waals surface area (Å²) < 4.78 is 44.5. The molecule has 0 rings (SSSR count). The number of carbonyl (C=O) groups is 1. The second kappa shape index (κ2) is 4.70. The Labute approximate surface area is 95.5 Å². The van der Waals surface area contributed by atoms with Crippen molar-refractivity contribution in [3.8, 4) is 0 Å². The Morgan fingerprint density at radius 2 is 1.56 bits per heavy atom. The lowest BCUT2D eigenvalue weighted by Gasteiger charge is -2.18. The maximum atomic E-state index is 11.5. The quantitative estimate of drug-likeness (QED) is 0.702. The molecule has 0 fully saturated rings. The predicted molar refractivity (Wildman–Crippen MR) is 59.8 cm³/mol. The molecule has 0 spiro atoms. The van der Waals surface area contributed by atoms with Crippen molar-refractivity contribution in [3.05, 3.63) is 0 Å². The highest BCUT2D eigenvalue weighted by Crippen LogP contribution is 2.18. The molecule has 0 saturated carbocycles. The molecule has 0 aliphatic rings. The highest BCUT2D eigenvalue weighted by atomic mass is 32.2. The van der Waals surface area contributed by atoms with E-state index in [4.69, 9.17) is 5.11 Å². The van der Waals surface area contributed by atoms with Crippen LogP contribution in [0.4, 0.5) is 0 Å². The topological polar surface area (TPSA) is 106 Å². The van der Waals surface area contributed by atoms with Gasteiger partial charge in [-0.2, -0.15) is 0 Å². The van der Waals surface area contributed by atoms with Gasteiger partial charge in [0.15, 0.2) is 9.84 Å². The number of sulfone groups is 2. The monoisotopic (exact) mass is 272 g/mol. The number of carboxylic acid groups (broad SMARTS) is 1. The van der Waals surface area contributed by atoms with E-state index >= 15 is 0 Å². The second-order valence-electron chi connectivity index (χ2n) is 4.41. The van der Waals surface area contributed by atoms with E-state index in [2.05, 4.69) is 0 Å². The highest BCUT2D eigenvalue weighted by Gasteiger charge is 2.33. The minimum atomic E-state index is -3.68. The summed E-state index contributed by atoms with van der Waals surface area (Å²) in [6.45, 7) is 2.57. The molecular formula is C8H16O6S2. The fourth-order valence-corrected chi connectivity index (χ4v) is 4.56. The van der Waals surface area contributed by atoms with Crippen LogP contribution in [0.3, 0.4) is 0 Å². The van der Waals surface area contributed by atoms with Gasteiger partial charge in [-0.1, -0.05) is 0 Å². The molecular weight excluding hydrogens is 256 g/mol. The molecule has 0 aromatic rings. The maximum Gasteiger partial charge on any atom is 0.310 e. The minimum absolute atomic E-state index is 0.481. The van der Waals surface area contributed by atoms with Crippen LogP contribution in [0.5, 0.6) is 0 Å². The average Bonchev–Trinajstić information content (AvgIpc) is 1.97. The van der Waals surface area contributed by atoms with Crippen molar-refractivity contribution < 1.29 is 26.7 Å². The molecule has 1 N–H and O–H groups in total. The SMILES string of the molecule is CC(C)(CS(=O)(=O)CCS(C)(=O)=O)C(=O)O. The molecule has 16 heavy (non-hydrogen) atoms. The third-order valence-corrected chi connectivity index (χ3v) is 5.12. The van der Waals surface area contributed by atoms with Crippen molar-refractivity contribution >= 4 is 25.6 Å². The van der Waals surface area contributed by atoms with Gasteiger partial charge < -0.3 is 5.11 Å². The lowest BCUT2D eigenvalue weighted by atomic mass is 9.97. The summed E-state index contributed by atoms with van der Waals surface area (Å²) in [5, 5.41) is 8.75. The first kappa shape index (κ1) is 15.4. The Bertz CT molecular complexity index is 457. The van der Waals surface area contributed by atoms with Gasteiger partial charge in [-0.05, 0) is 13.8 Å². The molecule has 0 unspecified atom stereocenters. The van der Waals surface area contributed by atoms with E-state index in [9.17, 15) is 21.6 Å². The van der Waals surface area contributed by atoms with Gasteiger partial charge in [-0.3, -0.25) is 4.79 Å². The van der Waals surface area contributed by atoms with Gasteiger partial charge in [0.05, 0.1) is 22.7 Å². The van der Waals surface area contributed by atoms with Crippen molar-refractivity contribution in [2.75, 3.05) is 23.5 Å². The van der Waals surface area contributed by atoms with Crippen molar-refractivity contribution in [1.82, 2.24) is 0 Å². The van der Waals surface area contributed by atoms with Crippen LogP contribution < -0.4 is 0 Å². The molecule has 0 saturated heterocycles. The Morgan fingerprint density at radius 3 is 1.88 bits per heavy atom. The number of rotatable bonds is 6. The van der Waals surface area contributed by atoms with Crippen LogP contribution in [0.2, 0.25) is 0 Å². The van der Waals surface area contributed by atoms with Crippen LogP contribution in [-0.2, 0) is 24.5 Å². The summed E-state index contributed by atoms with van der Waals surface area (Å²) >= 11 is 0. The molecule has 96 valence electrons. The lowest BCUT2D eigenvalue weighted by molar-refractivity contribution is -0.145. The zero-order chi connectivity index (χ0) is 13.2. The zero-order valence-electron chi connectivity index (χ0n) is 9.43. The van der Waals surface area contributed by atoms with Gasteiger partial charge in [-0.15, -0.1) is 0 Å². The number of hydrogen-bond donors (Lipinski definition) is 1. The number of carboxylic acids is 1. The first-order chi connectivity index (χ1) is 6.86. The molecule has 6 nitrogen and oxygen atoms in total. The van der Waals surface area contributed by atoms with Gasteiger partial charge in [0.25, 0.3) is 0 Å². The molecule has 0 radical (unpaired) electrons. The van der Waals surface area contributed by atoms with Gasteiger partial charge >= 0.3 is 5.97 Å². The summed E-state index contributed by atoms with van der Waals surface area (Å²) in [6.07, 6.45) is 0.935. The highest BCUT2D eigenvalue weighted by molar-refractivity contribution is 7.94. The zero-order valence-corrected chi connectivity index (χ0v) is 11.1. The smallest absolute Gasteiger partial charge is 0.310 e. The van der Waals surface area contributed by atoms with E-state index in [1.54, 1.807) is 0 Å². The van der Waals surface area contributed by atoms with Gasteiger partial charge in [0.1, 0.15) is 9.84 Å². The average molecular weight is 272 g/mol. The van der Waals surface area contributed by atoms with Gasteiger partial charge in [-0.25, -0.2) is 16.8 Å². The second-order valence-corrected chi connectivity index (χ2v) is 8.85. The molecule has 0 aliphatic heterocycles. The van der Waals surface area contributed by atoms with Gasteiger partial charge in [0.2, 0.25) is 0 Å². The predicted octanol–water partition coefficient (Wildman–Crippen LogP) is -0.443. The largest absolute Gasteiger partial charge is 0.481 e. The van der Waals surface area contributed by atoms with Crippen molar-refractivity contribution in [2.24, 2.45) is 5.41 Å². The third kappa shape index (κ3) is 6.06. The maximum absolute atomic E-state index is 11.5. The van der Waals surface area contributed by atoms with Crippen molar-refractivity contribution in [3.63, 3.8) is 0 Å². The standard InChI is InChI=1S/C8H16O6S2/c1-8(2,7(9)10)6-16(13,14)5-4-15(3,11)12/h4-6H2,1-3H3,(H,9,10). The molecule has 0 atom stereocenters. The normalized spacial score (nSPS) is 13.7. The summed E-state index contributed by atoms with van der Waals surface area (Å²) in [7, 11) is -7.04. The van der Waals surface area contributed by atoms with Gasteiger partial charge in [0, 0.05) is 6.26 Å². The van der Waals surface area contributed by atoms with E-state index in [1.807, 2.05) is 0 Å². The first-order valence-electron chi connectivity index (χ1n) is 4.47. The fraction of sp³-hybridized carbons (Fsp3) is 0.875. The number of aliphatic carboxylic acids is 1. The van der Waals surface area contributed by atoms with Crippen LogP contribution >= 0.6 is 0 Å². The summed E-state index contributed by atoms with van der Waals surface area (Å²) in [5.41, 5.74) is -1.41. The summed E-state index contributed by atoms with van der Waals surface area (Å²) in [4.78, 5) is 10.7. The van der Waals surface area contributed by atoms with Crippen molar-refractivity contribution in [2.45, 2.75) is 13.8 Å². The fourth-order valence-electron chi connectivity index (χ4n) is 0.962. The van der Waals surface area contributed by atoms with Crippen LogP contribution in [0.1, 0.15) is 13.8 Å². The van der Waals surface area contributed by atoms with Crippen LogP contribution in [-0.4, -0.2) is 51.4 Å². The van der Waals surface area contributed by atoms with E-state index in [1.165, 1.54) is 13.8 Å². The van der Waals surface area contributed by atoms with E-state index in [-0.39, 0.29) is 0 Å². The van der Waals surface area contributed by atoms with E-state index < -0.39 is 48.3 Å². The number of hydrogen-bond acceptors (Lipinski definition) is 5. The summed E-state index contributed by atoms with van der Waals surface area (Å²) in [6, 6.07) is 0. The molecule has 8 heteroatoms. The lowest BCUT2D eigenvalue weighted by Crippen LogP contribution is -2.34. The van der Waals surface area contributed by atoms with Crippen LogP contribution in [0.25, 0.3) is 0 Å².